The number of ether oxygens (including phenoxy) is 1. The number of nitrogens with one attached hydrogen (secondary N) is 1. The molecule has 0 aliphatic heterocycles. The highest BCUT2D eigenvalue weighted by Crippen LogP contribution is 2.27. The Hall–Kier alpha value is -1.58. The van der Waals surface area contributed by atoms with E-state index in [0.717, 1.165) is 29.8 Å². The van der Waals surface area contributed by atoms with E-state index in [0.29, 0.717) is 5.02 Å². The second-order valence-electron chi connectivity index (χ2n) is 4.83. The van der Waals surface area contributed by atoms with Crippen molar-refractivity contribution in [2.45, 2.75) is 19.4 Å². The first-order chi connectivity index (χ1) is 10.1. The predicted molar refractivity (Wildman–Crippen MR) is 84.5 cm³/mol. The lowest BCUT2D eigenvalue weighted by molar-refractivity contribution is 0.414. The van der Waals surface area contributed by atoms with Crippen molar-refractivity contribution in [3.05, 3.63) is 64.4 Å². The van der Waals surface area contributed by atoms with Crippen LogP contribution in [0.4, 0.5) is 4.39 Å². The standard InChI is InChI=1S/C17H19ClFNO/c1-3-20-17(15-11-13(19)6-9-16(15)18)10-12-4-7-14(21-2)8-5-12/h4-9,11,17,20H,3,10H2,1-2H3. The molecule has 1 N–H and O–H groups in total. The SMILES string of the molecule is CCNC(Cc1ccc(OC)cc1)c1cc(F)ccc1Cl. The molecular weight excluding hydrogens is 289 g/mol. The lowest BCUT2D eigenvalue weighted by atomic mass is 9.98. The third-order valence-corrected chi connectivity index (χ3v) is 3.73. The quantitative estimate of drug-likeness (QED) is 0.855. The smallest absolute Gasteiger partial charge is 0.123 e. The molecule has 0 saturated carbocycles. The van der Waals surface area contributed by atoms with Crippen LogP contribution in [0.1, 0.15) is 24.1 Å². The van der Waals surface area contributed by atoms with Gasteiger partial charge >= 0.3 is 0 Å². The summed E-state index contributed by atoms with van der Waals surface area (Å²) in [5.41, 5.74) is 1.93. The van der Waals surface area contributed by atoms with E-state index >= 15 is 0 Å². The lowest BCUT2D eigenvalue weighted by Crippen LogP contribution is -2.23. The lowest BCUT2D eigenvalue weighted by Gasteiger charge is -2.20. The maximum atomic E-state index is 13.5. The maximum absolute atomic E-state index is 13.5. The molecule has 0 aromatic heterocycles. The van der Waals surface area contributed by atoms with E-state index in [1.165, 1.54) is 12.1 Å². The van der Waals surface area contributed by atoms with Gasteiger partial charge in [0.2, 0.25) is 0 Å². The summed E-state index contributed by atoms with van der Waals surface area (Å²) in [4.78, 5) is 0. The summed E-state index contributed by atoms with van der Waals surface area (Å²) < 4.78 is 18.6. The molecule has 0 heterocycles. The summed E-state index contributed by atoms with van der Waals surface area (Å²) in [6.45, 7) is 2.81. The average molecular weight is 308 g/mol. The van der Waals surface area contributed by atoms with Gasteiger partial charge < -0.3 is 10.1 Å². The molecule has 0 aliphatic rings. The van der Waals surface area contributed by atoms with Crippen molar-refractivity contribution in [1.82, 2.24) is 5.32 Å². The Bertz CT molecular complexity index is 586. The Morgan fingerprint density at radius 2 is 1.90 bits per heavy atom. The van der Waals surface area contributed by atoms with Gasteiger partial charge in [-0.1, -0.05) is 30.7 Å². The summed E-state index contributed by atoms with van der Waals surface area (Å²) in [7, 11) is 1.64. The molecule has 1 atom stereocenters. The highest BCUT2D eigenvalue weighted by Gasteiger charge is 2.15. The summed E-state index contributed by atoms with van der Waals surface area (Å²) in [5, 5.41) is 3.94. The molecule has 2 nitrogen and oxygen atoms in total. The highest BCUT2D eigenvalue weighted by atomic mass is 35.5. The zero-order chi connectivity index (χ0) is 15.2. The summed E-state index contributed by atoms with van der Waals surface area (Å²) in [6, 6.07) is 12.3. The molecule has 21 heavy (non-hydrogen) atoms. The highest BCUT2D eigenvalue weighted by molar-refractivity contribution is 6.31. The molecule has 2 rings (SSSR count). The molecule has 2 aromatic carbocycles. The van der Waals surface area contributed by atoms with Crippen LogP contribution in [0.2, 0.25) is 5.02 Å². The van der Waals surface area contributed by atoms with Crippen molar-refractivity contribution in [1.29, 1.82) is 0 Å². The summed E-state index contributed by atoms with van der Waals surface area (Å²) >= 11 is 6.21. The van der Waals surface area contributed by atoms with Crippen LogP contribution in [0.5, 0.6) is 5.75 Å². The normalized spacial score (nSPS) is 12.2. The average Bonchev–Trinajstić information content (AvgIpc) is 2.50. The zero-order valence-electron chi connectivity index (χ0n) is 12.2. The molecule has 1 unspecified atom stereocenters. The van der Waals surface area contributed by atoms with Crippen LogP contribution < -0.4 is 10.1 Å². The Labute approximate surface area is 129 Å². The van der Waals surface area contributed by atoms with Gasteiger partial charge in [-0.3, -0.25) is 0 Å². The fourth-order valence-corrected chi connectivity index (χ4v) is 2.57. The molecule has 4 heteroatoms. The molecule has 112 valence electrons. The molecule has 0 bridgehead atoms. The van der Waals surface area contributed by atoms with Gasteiger partial charge in [-0.25, -0.2) is 4.39 Å². The number of likely N-dealkylation sites (N-methyl/N-ethyl adjacent to an activating group) is 1. The van der Waals surface area contributed by atoms with Crippen LogP contribution in [0.25, 0.3) is 0 Å². The largest absolute Gasteiger partial charge is 0.497 e. The zero-order valence-corrected chi connectivity index (χ0v) is 13.0. The van der Waals surface area contributed by atoms with E-state index in [1.54, 1.807) is 13.2 Å². The van der Waals surface area contributed by atoms with Crippen LogP contribution in [-0.4, -0.2) is 13.7 Å². The van der Waals surface area contributed by atoms with Crippen LogP contribution in [0.15, 0.2) is 42.5 Å². The second kappa shape index (κ2) is 7.43. The van der Waals surface area contributed by atoms with Crippen LogP contribution in [0, 0.1) is 5.82 Å². The van der Waals surface area contributed by atoms with Gasteiger partial charge in [0.1, 0.15) is 11.6 Å². The maximum Gasteiger partial charge on any atom is 0.123 e. The molecule has 0 fully saturated rings. The Kier molecular flexibility index (Phi) is 5.59. The van der Waals surface area contributed by atoms with Gasteiger partial charge in [-0.05, 0) is 54.4 Å². The fraction of sp³-hybridized carbons (Fsp3) is 0.294. The second-order valence-corrected chi connectivity index (χ2v) is 5.24. The minimum Gasteiger partial charge on any atom is -0.497 e. The van der Waals surface area contributed by atoms with Gasteiger partial charge in [0, 0.05) is 11.1 Å². The summed E-state index contributed by atoms with van der Waals surface area (Å²) in [5.74, 6) is 0.551. The van der Waals surface area contributed by atoms with E-state index in [-0.39, 0.29) is 11.9 Å². The van der Waals surface area contributed by atoms with Gasteiger partial charge in [-0.15, -0.1) is 0 Å². The van der Waals surface area contributed by atoms with Crippen molar-refractivity contribution in [2.24, 2.45) is 0 Å². The van der Waals surface area contributed by atoms with E-state index in [2.05, 4.69) is 5.32 Å². The molecule has 0 aliphatic carbocycles. The van der Waals surface area contributed by atoms with Crippen molar-refractivity contribution in [3.8, 4) is 5.75 Å². The number of hydrogen-bond acceptors (Lipinski definition) is 2. The first-order valence-electron chi connectivity index (χ1n) is 6.95. The van der Waals surface area contributed by atoms with Crippen molar-refractivity contribution in [2.75, 3.05) is 13.7 Å². The minimum absolute atomic E-state index is 0.0217. The van der Waals surface area contributed by atoms with E-state index < -0.39 is 0 Å². The van der Waals surface area contributed by atoms with Gasteiger partial charge in [0.05, 0.1) is 7.11 Å². The van der Waals surface area contributed by atoms with Gasteiger partial charge in [0.25, 0.3) is 0 Å². The van der Waals surface area contributed by atoms with E-state index in [4.69, 9.17) is 16.3 Å². The van der Waals surface area contributed by atoms with Crippen LogP contribution in [-0.2, 0) is 6.42 Å². The van der Waals surface area contributed by atoms with Crippen molar-refractivity contribution in [3.63, 3.8) is 0 Å². The summed E-state index contributed by atoms with van der Waals surface area (Å²) in [6.07, 6.45) is 0.737. The molecule has 0 amide bonds. The van der Waals surface area contributed by atoms with E-state index in [1.807, 2.05) is 31.2 Å². The molecule has 0 saturated heterocycles. The Morgan fingerprint density at radius 3 is 2.52 bits per heavy atom. The third kappa shape index (κ3) is 4.19. The van der Waals surface area contributed by atoms with Crippen LogP contribution in [0.3, 0.4) is 0 Å². The van der Waals surface area contributed by atoms with Crippen molar-refractivity contribution >= 4 is 11.6 Å². The third-order valence-electron chi connectivity index (χ3n) is 3.38. The van der Waals surface area contributed by atoms with E-state index in [9.17, 15) is 4.39 Å². The Morgan fingerprint density at radius 1 is 1.19 bits per heavy atom. The number of rotatable bonds is 6. The number of benzene rings is 2. The monoisotopic (exact) mass is 307 g/mol. The van der Waals surface area contributed by atoms with Gasteiger partial charge in [-0.2, -0.15) is 0 Å². The molecule has 2 aromatic rings. The number of hydrogen-bond donors (Lipinski definition) is 1. The fourth-order valence-electron chi connectivity index (χ4n) is 2.32. The van der Waals surface area contributed by atoms with Crippen molar-refractivity contribution < 1.29 is 9.13 Å². The minimum atomic E-state index is -0.271. The molecule has 0 spiro atoms. The Balaban J connectivity index is 2.23. The van der Waals surface area contributed by atoms with Gasteiger partial charge in [0.15, 0.2) is 0 Å². The van der Waals surface area contributed by atoms with Crippen LogP contribution >= 0.6 is 11.6 Å². The topological polar surface area (TPSA) is 21.3 Å². The number of methoxy groups -OCH3 is 1. The molecule has 0 radical (unpaired) electrons. The first-order valence-corrected chi connectivity index (χ1v) is 7.33. The molecular formula is C17H19ClFNO. The predicted octanol–water partition coefficient (Wildman–Crippen LogP) is 4.38. The first kappa shape index (κ1) is 15.8. The number of halogens is 2.